The van der Waals surface area contributed by atoms with Crippen LogP contribution in [0.2, 0.25) is 0 Å². The summed E-state index contributed by atoms with van der Waals surface area (Å²) in [7, 11) is 2.00. The fraction of sp³-hybridized carbons (Fsp3) is 0.600. The van der Waals surface area contributed by atoms with E-state index in [0.29, 0.717) is 6.04 Å². The molecule has 1 aliphatic rings. The van der Waals surface area contributed by atoms with Gasteiger partial charge in [0.25, 0.3) is 0 Å². The van der Waals surface area contributed by atoms with Gasteiger partial charge in [-0.2, -0.15) is 0 Å². The number of nitrogens with one attached hydrogen (secondary N) is 1. The number of aliphatic hydroxyl groups is 1. The van der Waals surface area contributed by atoms with Crippen LogP contribution in [0.25, 0.3) is 0 Å². The maximum absolute atomic E-state index is 8.92. The molecule has 0 saturated heterocycles. The molecule has 0 heterocycles. The van der Waals surface area contributed by atoms with E-state index in [9.17, 15) is 0 Å². The largest absolute Gasteiger partial charge is 0.396 e. The SMILES string of the molecule is CNC(CCCO)c1ccc2c(c1)CCCC2. The lowest BCUT2D eigenvalue weighted by Crippen LogP contribution is -2.17. The second kappa shape index (κ2) is 6.18. The van der Waals surface area contributed by atoms with Crippen LogP contribution in [0.5, 0.6) is 0 Å². The van der Waals surface area contributed by atoms with Gasteiger partial charge < -0.3 is 10.4 Å². The predicted molar refractivity (Wildman–Crippen MR) is 71.2 cm³/mol. The molecule has 1 aromatic rings. The summed E-state index contributed by atoms with van der Waals surface area (Å²) in [4.78, 5) is 0. The van der Waals surface area contributed by atoms with E-state index >= 15 is 0 Å². The van der Waals surface area contributed by atoms with Gasteiger partial charge in [0.15, 0.2) is 0 Å². The molecule has 2 rings (SSSR count). The minimum Gasteiger partial charge on any atom is -0.396 e. The van der Waals surface area contributed by atoms with Crippen LogP contribution >= 0.6 is 0 Å². The van der Waals surface area contributed by atoms with Crippen LogP contribution in [0.3, 0.4) is 0 Å². The van der Waals surface area contributed by atoms with E-state index < -0.39 is 0 Å². The summed E-state index contributed by atoms with van der Waals surface area (Å²) < 4.78 is 0. The van der Waals surface area contributed by atoms with Gasteiger partial charge in [-0.1, -0.05) is 18.2 Å². The lowest BCUT2D eigenvalue weighted by Gasteiger charge is -2.21. The Morgan fingerprint density at radius 3 is 2.71 bits per heavy atom. The summed E-state index contributed by atoms with van der Waals surface area (Å²) in [6.07, 6.45) is 7.02. The maximum atomic E-state index is 8.92. The van der Waals surface area contributed by atoms with Crippen molar-refractivity contribution < 1.29 is 5.11 Å². The molecule has 1 aliphatic carbocycles. The van der Waals surface area contributed by atoms with Crippen LogP contribution < -0.4 is 5.32 Å². The second-order valence-electron chi connectivity index (χ2n) is 4.94. The molecule has 0 saturated carbocycles. The topological polar surface area (TPSA) is 32.3 Å². The first-order valence-electron chi connectivity index (χ1n) is 6.75. The highest BCUT2D eigenvalue weighted by Crippen LogP contribution is 2.26. The van der Waals surface area contributed by atoms with E-state index in [1.165, 1.54) is 42.4 Å². The summed E-state index contributed by atoms with van der Waals surface area (Å²) in [6, 6.07) is 7.30. The van der Waals surface area contributed by atoms with Crippen LogP contribution in [0, 0.1) is 0 Å². The number of benzene rings is 1. The predicted octanol–water partition coefficient (Wildman–Crippen LogP) is 2.60. The zero-order valence-electron chi connectivity index (χ0n) is 10.7. The highest BCUT2D eigenvalue weighted by molar-refractivity contribution is 5.35. The third-order valence-electron chi connectivity index (χ3n) is 3.77. The number of hydrogen-bond donors (Lipinski definition) is 2. The molecule has 1 aromatic carbocycles. The minimum atomic E-state index is 0.281. The average molecular weight is 233 g/mol. The molecule has 0 spiro atoms. The number of aryl methyl sites for hydroxylation is 2. The van der Waals surface area contributed by atoms with E-state index in [0.717, 1.165) is 12.8 Å². The first-order valence-corrected chi connectivity index (χ1v) is 6.75. The normalized spacial score (nSPS) is 16.6. The van der Waals surface area contributed by atoms with Crippen molar-refractivity contribution in [3.05, 3.63) is 34.9 Å². The molecule has 0 fully saturated rings. The maximum Gasteiger partial charge on any atom is 0.0431 e. The number of rotatable bonds is 5. The fourth-order valence-corrected chi connectivity index (χ4v) is 2.74. The van der Waals surface area contributed by atoms with Crippen molar-refractivity contribution in [2.24, 2.45) is 0 Å². The molecule has 17 heavy (non-hydrogen) atoms. The van der Waals surface area contributed by atoms with E-state index in [1.807, 2.05) is 7.05 Å². The minimum absolute atomic E-state index is 0.281. The molecular weight excluding hydrogens is 210 g/mol. The molecule has 0 aliphatic heterocycles. The van der Waals surface area contributed by atoms with E-state index in [-0.39, 0.29) is 6.61 Å². The lowest BCUT2D eigenvalue weighted by molar-refractivity contribution is 0.276. The molecule has 2 N–H and O–H groups in total. The first kappa shape index (κ1) is 12.6. The third-order valence-corrected chi connectivity index (χ3v) is 3.77. The standard InChI is InChI=1S/C15H23NO/c1-16-15(7-4-10-17)14-9-8-12-5-2-3-6-13(12)11-14/h8-9,11,15-17H,2-7,10H2,1H3. The summed E-state index contributed by atoms with van der Waals surface area (Å²) in [5.74, 6) is 0. The van der Waals surface area contributed by atoms with Gasteiger partial charge in [-0.3, -0.25) is 0 Å². The smallest absolute Gasteiger partial charge is 0.0431 e. The highest BCUT2D eigenvalue weighted by Gasteiger charge is 2.13. The molecule has 0 aromatic heterocycles. The molecule has 2 heteroatoms. The molecule has 0 radical (unpaired) electrons. The van der Waals surface area contributed by atoms with Crippen molar-refractivity contribution in [3.63, 3.8) is 0 Å². The molecule has 94 valence electrons. The Morgan fingerprint density at radius 2 is 2.00 bits per heavy atom. The molecule has 0 bridgehead atoms. The van der Waals surface area contributed by atoms with Gasteiger partial charge in [0.05, 0.1) is 0 Å². The molecule has 1 unspecified atom stereocenters. The summed E-state index contributed by atoms with van der Waals surface area (Å²) in [5.41, 5.74) is 4.46. The van der Waals surface area contributed by atoms with Gasteiger partial charge in [0.1, 0.15) is 0 Å². The lowest BCUT2D eigenvalue weighted by atomic mass is 9.88. The molecule has 1 atom stereocenters. The first-order chi connectivity index (χ1) is 8.35. The van der Waals surface area contributed by atoms with Gasteiger partial charge in [0, 0.05) is 12.6 Å². The number of aliphatic hydroxyl groups excluding tert-OH is 1. The zero-order chi connectivity index (χ0) is 12.1. The Bertz CT molecular complexity index is 362. The number of fused-ring (bicyclic) bond motifs is 1. The van der Waals surface area contributed by atoms with E-state index in [4.69, 9.17) is 5.11 Å². The van der Waals surface area contributed by atoms with Gasteiger partial charge in [-0.25, -0.2) is 0 Å². The second-order valence-corrected chi connectivity index (χ2v) is 4.94. The van der Waals surface area contributed by atoms with Crippen LogP contribution in [0.4, 0.5) is 0 Å². The van der Waals surface area contributed by atoms with Crippen LogP contribution in [0.15, 0.2) is 18.2 Å². The Kier molecular flexibility index (Phi) is 4.57. The molecule has 0 amide bonds. The fourth-order valence-electron chi connectivity index (χ4n) is 2.74. The average Bonchev–Trinajstić information content (AvgIpc) is 2.39. The Balaban J connectivity index is 2.13. The summed E-state index contributed by atoms with van der Waals surface area (Å²) in [6.45, 7) is 0.281. The van der Waals surface area contributed by atoms with E-state index in [1.54, 1.807) is 0 Å². The van der Waals surface area contributed by atoms with Crippen LogP contribution in [-0.4, -0.2) is 18.8 Å². The van der Waals surface area contributed by atoms with Crippen LogP contribution in [-0.2, 0) is 12.8 Å². The van der Waals surface area contributed by atoms with Crippen molar-refractivity contribution in [2.75, 3.05) is 13.7 Å². The van der Waals surface area contributed by atoms with Gasteiger partial charge in [-0.05, 0) is 62.3 Å². The van der Waals surface area contributed by atoms with Crippen molar-refractivity contribution in [1.82, 2.24) is 5.32 Å². The van der Waals surface area contributed by atoms with Crippen molar-refractivity contribution in [3.8, 4) is 0 Å². The van der Waals surface area contributed by atoms with Gasteiger partial charge >= 0.3 is 0 Å². The Labute approximate surface area is 104 Å². The number of hydrogen-bond acceptors (Lipinski definition) is 2. The monoisotopic (exact) mass is 233 g/mol. The molecule has 2 nitrogen and oxygen atoms in total. The zero-order valence-corrected chi connectivity index (χ0v) is 10.7. The molecular formula is C15H23NO. The van der Waals surface area contributed by atoms with Crippen molar-refractivity contribution in [2.45, 2.75) is 44.6 Å². The quantitative estimate of drug-likeness (QED) is 0.819. The Morgan fingerprint density at radius 1 is 1.24 bits per heavy atom. The summed E-state index contributed by atoms with van der Waals surface area (Å²) >= 11 is 0. The van der Waals surface area contributed by atoms with E-state index in [2.05, 4.69) is 23.5 Å². The van der Waals surface area contributed by atoms with Crippen molar-refractivity contribution >= 4 is 0 Å². The van der Waals surface area contributed by atoms with Gasteiger partial charge in [0.2, 0.25) is 0 Å². The van der Waals surface area contributed by atoms with Crippen molar-refractivity contribution in [1.29, 1.82) is 0 Å². The summed E-state index contributed by atoms with van der Waals surface area (Å²) in [5, 5.41) is 12.3. The van der Waals surface area contributed by atoms with Gasteiger partial charge in [-0.15, -0.1) is 0 Å². The Hall–Kier alpha value is -0.860. The highest BCUT2D eigenvalue weighted by atomic mass is 16.2. The van der Waals surface area contributed by atoms with Crippen LogP contribution in [0.1, 0.15) is 48.4 Å². The third kappa shape index (κ3) is 3.08.